The van der Waals surface area contributed by atoms with Gasteiger partial charge in [0.15, 0.2) is 5.60 Å². The number of aliphatic carboxylic acids is 1. The van der Waals surface area contributed by atoms with Gasteiger partial charge in [-0.3, -0.25) is 0 Å². The fourth-order valence-electron chi connectivity index (χ4n) is 1.65. The van der Waals surface area contributed by atoms with Crippen molar-refractivity contribution in [3.05, 3.63) is 22.4 Å². The molecule has 0 amide bonds. The van der Waals surface area contributed by atoms with E-state index in [4.69, 9.17) is 9.84 Å². The van der Waals surface area contributed by atoms with Crippen LogP contribution in [0.4, 0.5) is 0 Å². The molecule has 1 aliphatic heterocycles. The molecule has 3 nitrogen and oxygen atoms in total. The highest BCUT2D eigenvalue weighted by Gasteiger charge is 2.44. The molecule has 2 heterocycles. The highest BCUT2D eigenvalue weighted by molar-refractivity contribution is 7.08. The lowest BCUT2D eigenvalue weighted by Crippen LogP contribution is -2.34. The van der Waals surface area contributed by atoms with E-state index < -0.39 is 11.6 Å². The zero-order valence-corrected chi connectivity index (χ0v) is 7.84. The molecule has 1 atom stereocenters. The predicted octanol–water partition coefficient (Wildman–Crippen LogP) is 1.84. The number of hydrogen-bond donors (Lipinski definition) is 1. The zero-order valence-electron chi connectivity index (χ0n) is 7.03. The summed E-state index contributed by atoms with van der Waals surface area (Å²) in [5, 5.41) is 12.8. The smallest absolute Gasteiger partial charge is 0.340 e. The van der Waals surface area contributed by atoms with Gasteiger partial charge in [0.05, 0.1) is 0 Å². The molecule has 1 unspecified atom stereocenters. The Morgan fingerprint density at radius 1 is 1.69 bits per heavy atom. The van der Waals surface area contributed by atoms with Gasteiger partial charge in [0.1, 0.15) is 0 Å². The molecule has 0 radical (unpaired) electrons. The highest BCUT2D eigenvalue weighted by Crippen LogP contribution is 2.37. The summed E-state index contributed by atoms with van der Waals surface area (Å²) < 4.78 is 5.35. The van der Waals surface area contributed by atoms with Crippen LogP contribution in [0.1, 0.15) is 18.4 Å². The average molecular weight is 198 g/mol. The Labute approximate surface area is 80.0 Å². The van der Waals surface area contributed by atoms with Gasteiger partial charge in [0, 0.05) is 12.2 Å². The molecule has 0 aromatic carbocycles. The van der Waals surface area contributed by atoms with Gasteiger partial charge in [-0.1, -0.05) is 0 Å². The number of carboxylic acid groups (broad SMARTS) is 1. The fourth-order valence-corrected chi connectivity index (χ4v) is 2.37. The fraction of sp³-hybridized carbons (Fsp3) is 0.444. The molecule has 0 aliphatic carbocycles. The summed E-state index contributed by atoms with van der Waals surface area (Å²) in [4.78, 5) is 11.1. The molecule has 0 saturated carbocycles. The summed E-state index contributed by atoms with van der Waals surface area (Å²) in [7, 11) is 0. The molecule has 4 heteroatoms. The van der Waals surface area contributed by atoms with Gasteiger partial charge >= 0.3 is 5.97 Å². The number of ether oxygens (including phenoxy) is 1. The molecule has 1 aliphatic rings. The van der Waals surface area contributed by atoms with E-state index in [2.05, 4.69) is 0 Å². The Balaban J connectivity index is 2.39. The largest absolute Gasteiger partial charge is 0.479 e. The van der Waals surface area contributed by atoms with Crippen molar-refractivity contribution in [1.82, 2.24) is 0 Å². The van der Waals surface area contributed by atoms with Crippen LogP contribution < -0.4 is 0 Å². The third-order valence-electron chi connectivity index (χ3n) is 2.35. The van der Waals surface area contributed by atoms with E-state index in [1.165, 1.54) is 11.3 Å². The van der Waals surface area contributed by atoms with Gasteiger partial charge in [-0.05, 0) is 29.7 Å². The number of hydrogen-bond acceptors (Lipinski definition) is 3. The Morgan fingerprint density at radius 3 is 3.00 bits per heavy atom. The second-order valence-corrected chi connectivity index (χ2v) is 3.88. The maximum absolute atomic E-state index is 11.1. The molecule has 1 aromatic heterocycles. The molecule has 0 spiro atoms. The van der Waals surface area contributed by atoms with Crippen LogP contribution in [0.5, 0.6) is 0 Å². The third kappa shape index (κ3) is 1.26. The van der Waals surface area contributed by atoms with E-state index in [1.54, 1.807) is 0 Å². The maximum atomic E-state index is 11.1. The first-order chi connectivity index (χ1) is 6.26. The van der Waals surface area contributed by atoms with Gasteiger partial charge in [-0.25, -0.2) is 4.79 Å². The Bertz CT molecular complexity index is 299. The van der Waals surface area contributed by atoms with E-state index in [0.29, 0.717) is 13.0 Å². The van der Waals surface area contributed by atoms with Gasteiger partial charge in [-0.2, -0.15) is 11.3 Å². The second-order valence-electron chi connectivity index (χ2n) is 3.10. The van der Waals surface area contributed by atoms with Crippen molar-refractivity contribution in [3.63, 3.8) is 0 Å². The van der Waals surface area contributed by atoms with E-state index in [0.717, 1.165) is 12.0 Å². The SMILES string of the molecule is O=C(O)C1(c2ccsc2)CCCO1. The van der Waals surface area contributed by atoms with Crippen LogP contribution in [-0.2, 0) is 15.1 Å². The maximum Gasteiger partial charge on any atom is 0.340 e. The monoisotopic (exact) mass is 198 g/mol. The number of carboxylic acids is 1. The Morgan fingerprint density at radius 2 is 2.54 bits per heavy atom. The molecule has 70 valence electrons. The van der Waals surface area contributed by atoms with Crippen molar-refractivity contribution in [2.24, 2.45) is 0 Å². The molecular formula is C9H10O3S. The molecule has 2 rings (SSSR count). The molecule has 0 bridgehead atoms. The van der Waals surface area contributed by atoms with Crippen LogP contribution in [0, 0.1) is 0 Å². The van der Waals surface area contributed by atoms with Gasteiger partial charge in [0.2, 0.25) is 0 Å². The lowest BCUT2D eigenvalue weighted by molar-refractivity contribution is -0.161. The summed E-state index contributed by atoms with van der Waals surface area (Å²) in [6.07, 6.45) is 1.40. The summed E-state index contributed by atoms with van der Waals surface area (Å²) >= 11 is 1.50. The van der Waals surface area contributed by atoms with Crippen molar-refractivity contribution in [2.45, 2.75) is 18.4 Å². The van der Waals surface area contributed by atoms with Crippen molar-refractivity contribution >= 4 is 17.3 Å². The first-order valence-corrected chi connectivity index (χ1v) is 5.10. The number of rotatable bonds is 2. The first-order valence-electron chi connectivity index (χ1n) is 4.16. The molecule has 1 saturated heterocycles. The minimum Gasteiger partial charge on any atom is -0.479 e. The van der Waals surface area contributed by atoms with Crippen LogP contribution in [0.2, 0.25) is 0 Å². The highest BCUT2D eigenvalue weighted by atomic mass is 32.1. The summed E-state index contributed by atoms with van der Waals surface area (Å²) in [6.45, 7) is 0.544. The van der Waals surface area contributed by atoms with Crippen LogP contribution in [-0.4, -0.2) is 17.7 Å². The summed E-state index contributed by atoms with van der Waals surface area (Å²) in [5.41, 5.74) is -0.275. The minimum atomic E-state index is -1.06. The van der Waals surface area contributed by atoms with Crippen molar-refractivity contribution < 1.29 is 14.6 Å². The van der Waals surface area contributed by atoms with Crippen LogP contribution in [0.15, 0.2) is 16.8 Å². The quantitative estimate of drug-likeness (QED) is 0.788. The van der Waals surface area contributed by atoms with Gasteiger partial charge in [-0.15, -0.1) is 0 Å². The van der Waals surface area contributed by atoms with E-state index in [9.17, 15) is 4.79 Å². The number of thiophene rings is 1. The normalized spacial score (nSPS) is 27.7. The van der Waals surface area contributed by atoms with E-state index in [1.807, 2.05) is 16.8 Å². The standard InChI is InChI=1S/C9H10O3S/c10-8(11)9(3-1-4-12-9)7-2-5-13-6-7/h2,5-6H,1,3-4H2,(H,10,11). The topological polar surface area (TPSA) is 46.5 Å². The van der Waals surface area contributed by atoms with Crippen LogP contribution >= 0.6 is 11.3 Å². The molecule has 13 heavy (non-hydrogen) atoms. The molecule has 1 aromatic rings. The third-order valence-corrected chi connectivity index (χ3v) is 3.04. The van der Waals surface area contributed by atoms with Crippen molar-refractivity contribution in [2.75, 3.05) is 6.61 Å². The summed E-state index contributed by atoms with van der Waals surface area (Å²) in [6, 6.07) is 1.82. The van der Waals surface area contributed by atoms with E-state index in [-0.39, 0.29) is 0 Å². The Hall–Kier alpha value is -0.870. The summed E-state index contributed by atoms with van der Waals surface area (Å²) in [5.74, 6) is -0.872. The predicted molar refractivity (Wildman–Crippen MR) is 48.8 cm³/mol. The first kappa shape index (κ1) is 8.72. The lowest BCUT2D eigenvalue weighted by Gasteiger charge is -2.21. The zero-order chi connectivity index (χ0) is 9.31. The second kappa shape index (κ2) is 3.12. The average Bonchev–Trinajstić information content (AvgIpc) is 2.75. The minimum absolute atomic E-state index is 0.544. The van der Waals surface area contributed by atoms with Crippen LogP contribution in [0.25, 0.3) is 0 Å². The Kier molecular flexibility index (Phi) is 2.09. The van der Waals surface area contributed by atoms with Crippen molar-refractivity contribution in [3.8, 4) is 0 Å². The lowest BCUT2D eigenvalue weighted by atomic mass is 9.93. The van der Waals surface area contributed by atoms with Crippen LogP contribution in [0.3, 0.4) is 0 Å². The van der Waals surface area contributed by atoms with Gasteiger partial charge in [0.25, 0.3) is 0 Å². The molecule has 1 N–H and O–H groups in total. The van der Waals surface area contributed by atoms with Crippen molar-refractivity contribution in [1.29, 1.82) is 0 Å². The van der Waals surface area contributed by atoms with E-state index >= 15 is 0 Å². The molecular weight excluding hydrogens is 188 g/mol. The number of carbonyl (C=O) groups is 1. The van der Waals surface area contributed by atoms with Gasteiger partial charge < -0.3 is 9.84 Å². The molecule has 1 fully saturated rings.